The highest BCUT2D eigenvalue weighted by atomic mass is 35.5. The second-order valence-electron chi connectivity index (χ2n) is 3.32. The van der Waals surface area contributed by atoms with Crippen LogP contribution in [0.5, 0.6) is 5.75 Å². The SMILES string of the molecule is O=Cc1cc(Cl)ccc1OCCOCC(F)(F)F. The average molecular weight is 283 g/mol. The number of ether oxygens (including phenoxy) is 2. The molecule has 0 N–H and O–H groups in total. The number of rotatable bonds is 6. The molecular formula is C11H10ClF3O3. The third-order valence-electron chi connectivity index (χ3n) is 1.85. The van der Waals surface area contributed by atoms with Gasteiger partial charge in [-0.25, -0.2) is 0 Å². The lowest BCUT2D eigenvalue weighted by Crippen LogP contribution is -2.19. The maximum absolute atomic E-state index is 11.7. The zero-order valence-electron chi connectivity index (χ0n) is 9.17. The molecule has 1 aromatic rings. The molecule has 0 spiro atoms. The normalized spacial score (nSPS) is 11.3. The fourth-order valence-corrected chi connectivity index (χ4v) is 1.32. The van der Waals surface area contributed by atoms with Crippen LogP contribution in [0.2, 0.25) is 5.02 Å². The summed E-state index contributed by atoms with van der Waals surface area (Å²) in [6.07, 6.45) is -3.80. The monoisotopic (exact) mass is 282 g/mol. The highest BCUT2D eigenvalue weighted by Crippen LogP contribution is 2.21. The van der Waals surface area contributed by atoms with E-state index in [2.05, 4.69) is 4.74 Å². The standard InChI is InChI=1S/C11H10ClF3O3/c12-9-1-2-10(8(5-9)6-16)18-4-3-17-7-11(13,14)15/h1-2,5-6H,3-4,7H2. The lowest BCUT2D eigenvalue weighted by Gasteiger charge is -2.10. The van der Waals surface area contributed by atoms with Crippen molar-refractivity contribution in [2.75, 3.05) is 19.8 Å². The topological polar surface area (TPSA) is 35.5 Å². The third kappa shape index (κ3) is 5.37. The van der Waals surface area contributed by atoms with E-state index in [4.69, 9.17) is 16.3 Å². The van der Waals surface area contributed by atoms with Gasteiger partial charge < -0.3 is 9.47 Å². The molecule has 0 bridgehead atoms. The molecule has 3 nitrogen and oxygen atoms in total. The van der Waals surface area contributed by atoms with Crippen LogP contribution in [0, 0.1) is 0 Å². The maximum atomic E-state index is 11.7. The molecule has 0 unspecified atom stereocenters. The van der Waals surface area contributed by atoms with Gasteiger partial charge in [0.15, 0.2) is 6.29 Å². The lowest BCUT2D eigenvalue weighted by molar-refractivity contribution is -0.175. The fraction of sp³-hybridized carbons (Fsp3) is 0.364. The van der Waals surface area contributed by atoms with E-state index >= 15 is 0 Å². The van der Waals surface area contributed by atoms with Crippen molar-refractivity contribution in [2.24, 2.45) is 0 Å². The number of carbonyl (C=O) groups is 1. The van der Waals surface area contributed by atoms with Crippen LogP contribution in [0.3, 0.4) is 0 Å². The number of aldehydes is 1. The second-order valence-corrected chi connectivity index (χ2v) is 3.75. The summed E-state index contributed by atoms with van der Waals surface area (Å²) in [5.74, 6) is 0.255. The Morgan fingerprint density at radius 3 is 2.61 bits per heavy atom. The van der Waals surface area contributed by atoms with Crippen molar-refractivity contribution >= 4 is 17.9 Å². The van der Waals surface area contributed by atoms with E-state index in [0.29, 0.717) is 11.3 Å². The Bertz CT molecular complexity index is 407. The van der Waals surface area contributed by atoms with Crippen molar-refractivity contribution in [3.63, 3.8) is 0 Å². The van der Waals surface area contributed by atoms with Gasteiger partial charge in [0.25, 0.3) is 0 Å². The van der Waals surface area contributed by atoms with Gasteiger partial charge in [0.2, 0.25) is 0 Å². The summed E-state index contributed by atoms with van der Waals surface area (Å²) < 4.78 is 44.7. The Morgan fingerprint density at radius 1 is 1.28 bits per heavy atom. The summed E-state index contributed by atoms with van der Waals surface area (Å²) in [6.45, 7) is -1.63. The smallest absolute Gasteiger partial charge is 0.411 e. The number of halogens is 4. The largest absolute Gasteiger partial charge is 0.490 e. The quantitative estimate of drug-likeness (QED) is 0.594. The van der Waals surface area contributed by atoms with Gasteiger partial charge in [-0.15, -0.1) is 0 Å². The molecule has 1 aromatic carbocycles. The first-order valence-electron chi connectivity index (χ1n) is 4.94. The van der Waals surface area contributed by atoms with E-state index in [9.17, 15) is 18.0 Å². The molecular weight excluding hydrogens is 273 g/mol. The zero-order valence-corrected chi connectivity index (χ0v) is 9.92. The van der Waals surface area contributed by atoms with Crippen LogP contribution in [0.4, 0.5) is 13.2 Å². The molecule has 0 saturated carbocycles. The van der Waals surface area contributed by atoms with E-state index in [1.165, 1.54) is 18.2 Å². The van der Waals surface area contributed by atoms with Crippen LogP contribution in [0.25, 0.3) is 0 Å². The molecule has 18 heavy (non-hydrogen) atoms. The third-order valence-corrected chi connectivity index (χ3v) is 2.08. The first-order valence-corrected chi connectivity index (χ1v) is 5.32. The van der Waals surface area contributed by atoms with Crippen molar-refractivity contribution in [3.05, 3.63) is 28.8 Å². The molecule has 0 atom stereocenters. The molecule has 100 valence electrons. The van der Waals surface area contributed by atoms with Gasteiger partial charge in [0, 0.05) is 5.02 Å². The highest BCUT2D eigenvalue weighted by Gasteiger charge is 2.27. The molecule has 0 saturated heterocycles. The second kappa shape index (κ2) is 6.61. The summed E-state index contributed by atoms with van der Waals surface area (Å²) in [6, 6.07) is 4.39. The summed E-state index contributed by atoms with van der Waals surface area (Å²) in [5, 5.41) is 0.373. The Balaban J connectivity index is 2.38. The molecule has 0 radical (unpaired) electrons. The summed E-state index contributed by atoms with van der Waals surface area (Å²) >= 11 is 5.67. The van der Waals surface area contributed by atoms with Crippen LogP contribution in [-0.4, -0.2) is 32.3 Å². The Kier molecular flexibility index (Phi) is 5.43. The molecule has 0 aliphatic rings. The van der Waals surface area contributed by atoms with Crippen LogP contribution < -0.4 is 4.74 Å². The predicted octanol–water partition coefficient (Wildman–Crippen LogP) is 3.11. The molecule has 0 heterocycles. The Labute approximate surface area is 106 Å². The van der Waals surface area contributed by atoms with Crippen molar-refractivity contribution in [1.82, 2.24) is 0 Å². The summed E-state index contributed by atoms with van der Waals surface area (Å²) in [4.78, 5) is 10.7. The first kappa shape index (κ1) is 14.8. The minimum atomic E-state index is -4.35. The van der Waals surface area contributed by atoms with Crippen LogP contribution >= 0.6 is 11.6 Å². The van der Waals surface area contributed by atoms with Gasteiger partial charge in [0.1, 0.15) is 19.0 Å². The minimum absolute atomic E-state index is 0.0848. The van der Waals surface area contributed by atoms with E-state index < -0.39 is 12.8 Å². The minimum Gasteiger partial charge on any atom is -0.490 e. The maximum Gasteiger partial charge on any atom is 0.411 e. The molecule has 0 aliphatic carbocycles. The number of benzene rings is 1. The van der Waals surface area contributed by atoms with Gasteiger partial charge in [-0.2, -0.15) is 13.2 Å². The van der Waals surface area contributed by atoms with Crippen LogP contribution in [-0.2, 0) is 4.74 Å². The predicted molar refractivity (Wildman–Crippen MR) is 59.2 cm³/mol. The Morgan fingerprint density at radius 2 is 2.00 bits per heavy atom. The van der Waals surface area contributed by atoms with Crippen molar-refractivity contribution in [3.8, 4) is 5.75 Å². The summed E-state index contributed by atoms with van der Waals surface area (Å²) in [5.41, 5.74) is 0.235. The lowest BCUT2D eigenvalue weighted by atomic mass is 10.2. The van der Waals surface area contributed by atoms with E-state index in [1.807, 2.05) is 0 Å². The van der Waals surface area contributed by atoms with Gasteiger partial charge in [-0.3, -0.25) is 4.79 Å². The summed E-state index contributed by atoms with van der Waals surface area (Å²) in [7, 11) is 0. The molecule has 1 rings (SSSR count). The van der Waals surface area contributed by atoms with Gasteiger partial charge >= 0.3 is 6.18 Å². The fourth-order valence-electron chi connectivity index (χ4n) is 1.14. The number of hydrogen-bond acceptors (Lipinski definition) is 3. The molecule has 0 amide bonds. The highest BCUT2D eigenvalue weighted by molar-refractivity contribution is 6.30. The van der Waals surface area contributed by atoms with Crippen molar-refractivity contribution in [2.45, 2.75) is 6.18 Å². The van der Waals surface area contributed by atoms with Gasteiger partial charge in [0.05, 0.1) is 12.2 Å². The average Bonchev–Trinajstić information content (AvgIpc) is 2.28. The van der Waals surface area contributed by atoms with E-state index in [-0.39, 0.29) is 24.5 Å². The molecule has 0 fully saturated rings. The van der Waals surface area contributed by atoms with Crippen molar-refractivity contribution < 1.29 is 27.4 Å². The first-order chi connectivity index (χ1) is 8.42. The number of alkyl halides is 3. The van der Waals surface area contributed by atoms with E-state index in [0.717, 1.165) is 0 Å². The molecule has 7 heteroatoms. The van der Waals surface area contributed by atoms with Crippen LogP contribution in [0.15, 0.2) is 18.2 Å². The van der Waals surface area contributed by atoms with Crippen molar-refractivity contribution in [1.29, 1.82) is 0 Å². The van der Waals surface area contributed by atoms with Crippen LogP contribution in [0.1, 0.15) is 10.4 Å². The molecule has 0 aromatic heterocycles. The van der Waals surface area contributed by atoms with Gasteiger partial charge in [-0.1, -0.05) is 11.6 Å². The Hall–Kier alpha value is -1.27. The number of carbonyl (C=O) groups excluding carboxylic acids is 1. The zero-order chi connectivity index (χ0) is 13.6. The number of hydrogen-bond donors (Lipinski definition) is 0. The van der Waals surface area contributed by atoms with E-state index in [1.54, 1.807) is 0 Å². The molecule has 0 aliphatic heterocycles. The van der Waals surface area contributed by atoms with Gasteiger partial charge in [-0.05, 0) is 18.2 Å².